The number of carbonyl (C=O) groups is 1. The molecule has 1 saturated heterocycles. The van der Waals surface area contributed by atoms with E-state index in [1.807, 2.05) is 61.5 Å². The fourth-order valence-electron chi connectivity index (χ4n) is 3.72. The van der Waals surface area contributed by atoms with Gasteiger partial charge in [-0.3, -0.25) is 14.7 Å². The molecule has 1 aliphatic rings. The molecule has 0 bridgehead atoms. The molecule has 1 unspecified atom stereocenters. The third kappa shape index (κ3) is 3.49. The maximum absolute atomic E-state index is 12.7. The Morgan fingerprint density at radius 2 is 1.56 bits per heavy atom. The summed E-state index contributed by atoms with van der Waals surface area (Å²) in [6, 6.07) is 25.9. The molecule has 2 aromatic carbocycles. The number of ether oxygens (including phenoxy) is 1. The highest BCUT2D eigenvalue weighted by Gasteiger charge is 2.58. The van der Waals surface area contributed by atoms with Crippen molar-refractivity contribution >= 4 is 5.97 Å². The van der Waals surface area contributed by atoms with Gasteiger partial charge < -0.3 is 4.74 Å². The van der Waals surface area contributed by atoms with Crippen molar-refractivity contribution in [1.82, 2.24) is 9.88 Å². The molecule has 4 heteroatoms. The van der Waals surface area contributed by atoms with Gasteiger partial charge in [0.25, 0.3) is 0 Å². The number of esters is 1. The van der Waals surface area contributed by atoms with Crippen molar-refractivity contribution in [1.29, 1.82) is 0 Å². The highest BCUT2D eigenvalue weighted by atomic mass is 16.5. The first kappa shape index (κ1) is 17.4. The molecule has 3 atom stereocenters. The van der Waals surface area contributed by atoms with Gasteiger partial charge in [0.15, 0.2) is 0 Å². The van der Waals surface area contributed by atoms with Crippen molar-refractivity contribution in [2.45, 2.75) is 25.0 Å². The number of nitrogens with zero attached hydrogens (tertiary/aromatic N) is 2. The third-order valence-electron chi connectivity index (χ3n) is 4.90. The van der Waals surface area contributed by atoms with Crippen LogP contribution in [-0.2, 0) is 9.53 Å². The van der Waals surface area contributed by atoms with E-state index >= 15 is 0 Å². The Labute approximate surface area is 159 Å². The normalized spacial score (nSPS) is 21.0. The predicted molar refractivity (Wildman–Crippen MR) is 104 cm³/mol. The van der Waals surface area contributed by atoms with E-state index in [-0.39, 0.29) is 24.1 Å². The van der Waals surface area contributed by atoms with Crippen LogP contribution >= 0.6 is 0 Å². The summed E-state index contributed by atoms with van der Waals surface area (Å²) in [5, 5.41) is 0. The Morgan fingerprint density at radius 3 is 2.07 bits per heavy atom. The zero-order chi connectivity index (χ0) is 18.6. The van der Waals surface area contributed by atoms with Crippen LogP contribution in [0.15, 0.2) is 85.1 Å². The molecule has 2 heterocycles. The second kappa shape index (κ2) is 7.72. The lowest BCUT2D eigenvalue weighted by atomic mass is 9.98. The van der Waals surface area contributed by atoms with Crippen LogP contribution in [0.2, 0.25) is 0 Å². The van der Waals surface area contributed by atoms with Crippen LogP contribution in [0.25, 0.3) is 0 Å². The summed E-state index contributed by atoms with van der Waals surface area (Å²) in [6.07, 6.45) is 1.77. The molecule has 136 valence electrons. The number of aromatic nitrogens is 1. The number of hydrogen-bond acceptors (Lipinski definition) is 4. The quantitative estimate of drug-likeness (QED) is 0.490. The van der Waals surface area contributed by atoms with Gasteiger partial charge in [0.05, 0.1) is 24.4 Å². The van der Waals surface area contributed by atoms with Crippen LogP contribution in [0.5, 0.6) is 0 Å². The van der Waals surface area contributed by atoms with Crippen molar-refractivity contribution in [2.75, 3.05) is 6.61 Å². The maximum Gasteiger partial charge on any atom is 0.325 e. The van der Waals surface area contributed by atoms with E-state index in [0.717, 1.165) is 16.8 Å². The Balaban J connectivity index is 1.76. The molecule has 1 fully saturated rings. The number of carbonyl (C=O) groups excluding carboxylic acids is 1. The fourth-order valence-corrected chi connectivity index (χ4v) is 3.72. The smallest absolute Gasteiger partial charge is 0.325 e. The Kier molecular flexibility index (Phi) is 4.99. The molecule has 1 aliphatic heterocycles. The molecule has 0 amide bonds. The van der Waals surface area contributed by atoms with Gasteiger partial charge in [-0.05, 0) is 30.2 Å². The number of pyridine rings is 1. The van der Waals surface area contributed by atoms with Gasteiger partial charge in [-0.15, -0.1) is 0 Å². The topological polar surface area (TPSA) is 42.2 Å². The molecule has 0 radical (unpaired) electrons. The number of hydrogen-bond donors (Lipinski definition) is 0. The van der Waals surface area contributed by atoms with Crippen molar-refractivity contribution in [2.24, 2.45) is 0 Å². The minimum atomic E-state index is -0.328. The van der Waals surface area contributed by atoms with Crippen LogP contribution in [-0.4, -0.2) is 28.5 Å². The first-order chi connectivity index (χ1) is 13.3. The van der Waals surface area contributed by atoms with Gasteiger partial charge >= 0.3 is 5.97 Å². The Bertz CT molecular complexity index is 845. The average Bonchev–Trinajstić information content (AvgIpc) is 3.46. The van der Waals surface area contributed by atoms with Gasteiger partial charge in [-0.1, -0.05) is 66.7 Å². The monoisotopic (exact) mass is 358 g/mol. The van der Waals surface area contributed by atoms with Gasteiger partial charge in [0, 0.05) is 6.20 Å². The minimum Gasteiger partial charge on any atom is -0.465 e. The van der Waals surface area contributed by atoms with E-state index in [2.05, 4.69) is 34.1 Å². The van der Waals surface area contributed by atoms with E-state index < -0.39 is 0 Å². The average molecular weight is 358 g/mol. The lowest BCUT2D eigenvalue weighted by Gasteiger charge is -2.21. The molecule has 3 aromatic rings. The molecule has 0 spiro atoms. The second-order valence-corrected chi connectivity index (χ2v) is 6.57. The minimum absolute atomic E-state index is 0.0335. The van der Waals surface area contributed by atoms with Crippen LogP contribution in [0.3, 0.4) is 0 Å². The second-order valence-electron chi connectivity index (χ2n) is 6.57. The molecule has 0 aliphatic carbocycles. The molecule has 1 aromatic heterocycles. The zero-order valence-corrected chi connectivity index (χ0v) is 15.2. The highest BCUT2D eigenvalue weighted by molar-refractivity contribution is 5.81. The molecule has 4 rings (SSSR count). The molecule has 0 N–H and O–H groups in total. The largest absolute Gasteiger partial charge is 0.465 e. The summed E-state index contributed by atoms with van der Waals surface area (Å²) in [6.45, 7) is 2.21. The Morgan fingerprint density at radius 1 is 0.963 bits per heavy atom. The van der Waals surface area contributed by atoms with Gasteiger partial charge in [0.2, 0.25) is 0 Å². The number of rotatable bonds is 6. The van der Waals surface area contributed by atoms with E-state index in [1.165, 1.54) is 0 Å². The fraction of sp³-hybridized carbons (Fsp3) is 0.217. The first-order valence-corrected chi connectivity index (χ1v) is 9.26. The number of benzene rings is 2. The van der Waals surface area contributed by atoms with Gasteiger partial charge in [-0.25, -0.2) is 0 Å². The van der Waals surface area contributed by atoms with E-state index in [4.69, 9.17) is 4.74 Å². The van der Waals surface area contributed by atoms with E-state index in [9.17, 15) is 4.79 Å². The van der Waals surface area contributed by atoms with Crippen molar-refractivity contribution < 1.29 is 9.53 Å². The van der Waals surface area contributed by atoms with E-state index in [1.54, 1.807) is 6.20 Å². The lowest BCUT2D eigenvalue weighted by molar-refractivity contribution is -0.143. The Hall–Kier alpha value is -2.98. The van der Waals surface area contributed by atoms with Crippen molar-refractivity contribution in [3.63, 3.8) is 0 Å². The highest BCUT2D eigenvalue weighted by Crippen LogP contribution is 2.51. The molecule has 4 nitrogen and oxygen atoms in total. The van der Waals surface area contributed by atoms with Crippen molar-refractivity contribution in [3.8, 4) is 0 Å². The summed E-state index contributed by atoms with van der Waals surface area (Å²) >= 11 is 0. The first-order valence-electron chi connectivity index (χ1n) is 9.26. The van der Waals surface area contributed by atoms with Gasteiger partial charge in [-0.2, -0.15) is 0 Å². The molecule has 27 heavy (non-hydrogen) atoms. The standard InChI is InChI=1S/C23H22N2O2/c1-2-27-23(26)22-21(19-15-9-10-16-24-19)25(22)20(17-11-5-3-6-12-17)18-13-7-4-8-14-18/h3-16,20-22H,2H2,1H3/t21-,22-,25?/m1/s1. The molecular weight excluding hydrogens is 336 g/mol. The van der Waals surface area contributed by atoms with Crippen molar-refractivity contribution in [3.05, 3.63) is 102 Å². The van der Waals surface area contributed by atoms with Crippen LogP contribution < -0.4 is 0 Å². The third-order valence-corrected chi connectivity index (χ3v) is 4.90. The lowest BCUT2D eigenvalue weighted by Crippen LogP contribution is -2.20. The summed E-state index contributed by atoms with van der Waals surface area (Å²) in [5.74, 6) is -0.190. The van der Waals surface area contributed by atoms with E-state index in [0.29, 0.717) is 6.61 Å². The predicted octanol–water partition coefficient (Wildman–Crippen LogP) is 4.16. The molecule has 0 saturated carbocycles. The summed E-state index contributed by atoms with van der Waals surface area (Å²) in [4.78, 5) is 19.4. The maximum atomic E-state index is 12.7. The molecular formula is C23H22N2O2. The summed E-state index contributed by atoms with van der Waals surface area (Å²) < 4.78 is 5.36. The summed E-state index contributed by atoms with van der Waals surface area (Å²) in [5.41, 5.74) is 3.19. The summed E-state index contributed by atoms with van der Waals surface area (Å²) in [7, 11) is 0. The van der Waals surface area contributed by atoms with Crippen LogP contribution in [0.4, 0.5) is 0 Å². The SMILES string of the molecule is CCOC(=O)[C@H]1[C@@H](c2ccccn2)N1C(c1ccccc1)c1ccccc1. The van der Waals surface area contributed by atoms with Crippen LogP contribution in [0, 0.1) is 0 Å². The van der Waals surface area contributed by atoms with Crippen LogP contribution in [0.1, 0.15) is 35.8 Å². The zero-order valence-electron chi connectivity index (χ0n) is 15.2. The van der Waals surface area contributed by atoms with Gasteiger partial charge in [0.1, 0.15) is 6.04 Å².